The normalized spacial score (nSPS) is 11.3. The van der Waals surface area contributed by atoms with Gasteiger partial charge in [-0.05, 0) is 96.6 Å². The van der Waals surface area contributed by atoms with Gasteiger partial charge in [-0.15, -0.1) is 45.3 Å². The third-order valence-electron chi connectivity index (χ3n) is 14.4. The molecule has 14 aromatic heterocycles. The minimum atomic E-state index is -0.188. The van der Waals surface area contributed by atoms with E-state index in [1.807, 2.05) is 115 Å². The zero-order valence-corrected chi connectivity index (χ0v) is 62.0. The number of hydrogen-bond acceptors (Lipinski definition) is 18. The molecule has 0 atom stereocenters. The standard InChI is InChI=1S/C10H10FNS.C10H12N2.C10H11NS.2C9H11N3.3C9H10N2S/c1-6(2)10-12-8-4-3-7(11)5-9(8)13-10;1-8(2)9-7-12-6-4-3-5-10(12)11-9;1-7(2)10-11-8-5-3-4-6-9(8)12-10;1-7(2)8-6-12-4-3-10-5-9(12)11-8;1-7(2)8-6-12-9(11-8)4-3-5-10-12;1-6(2)9-11-7-5-10-4-3-8(7)12-9;1-6(2)9-11-7-3-4-10-5-8(7)12-9;1-6(2)8-11-7-4-3-5-10-9(7)12-8/h3-6H,1-2H3;3-8H,1-2H3;3*3-7H,1-2H3;3*3-6H,1-2H3. The van der Waals surface area contributed by atoms with E-state index >= 15 is 0 Å². The number of benzene rings is 2. The largest absolute Gasteiger partial charge is 0.307 e. The monoisotopic (exact) mass is 1390 g/mol. The van der Waals surface area contributed by atoms with Crippen LogP contribution in [0.3, 0.4) is 0 Å². The lowest BCUT2D eigenvalue weighted by molar-refractivity contribution is 0.630. The minimum absolute atomic E-state index is 0.188. The molecule has 0 amide bonds. The molecular formula is C75H85FN16S5. The van der Waals surface area contributed by atoms with E-state index in [4.69, 9.17) is 0 Å². The maximum atomic E-state index is 12.8. The smallest absolute Gasteiger partial charge is 0.155 e. The van der Waals surface area contributed by atoms with Gasteiger partial charge >= 0.3 is 0 Å². The van der Waals surface area contributed by atoms with E-state index in [2.05, 4.69) is 204 Å². The maximum absolute atomic E-state index is 12.8. The first-order valence-corrected chi connectivity index (χ1v) is 36.7. The van der Waals surface area contributed by atoms with Gasteiger partial charge in [0.2, 0.25) is 0 Å². The van der Waals surface area contributed by atoms with Crippen LogP contribution in [0.1, 0.15) is 200 Å². The van der Waals surface area contributed by atoms with Crippen molar-refractivity contribution in [2.75, 3.05) is 0 Å². The number of halogens is 1. The average molecular weight is 1390 g/mol. The summed E-state index contributed by atoms with van der Waals surface area (Å²) >= 11 is 8.53. The van der Waals surface area contributed by atoms with Gasteiger partial charge in [-0.2, -0.15) is 5.10 Å². The van der Waals surface area contributed by atoms with E-state index in [0.29, 0.717) is 47.3 Å². The van der Waals surface area contributed by atoms with Gasteiger partial charge in [-0.3, -0.25) is 15.0 Å². The van der Waals surface area contributed by atoms with Crippen molar-refractivity contribution >= 4 is 125 Å². The Morgan fingerprint density at radius 1 is 0.330 bits per heavy atom. The highest BCUT2D eigenvalue weighted by Crippen LogP contribution is 2.31. The highest BCUT2D eigenvalue weighted by Gasteiger charge is 2.12. The number of pyridine rings is 4. The Morgan fingerprint density at radius 2 is 0.804 bits per heavy atom. The van der Waals surface area contributed by atoms with Crippen LogP contribution in [0.25, 0.3) is 68.2 Å². The molecule has 0 fully saturated rings. The van der Waals surface area contributed by atoms with E-state index < -0.39 is 0 Å². The molecule has 0 aliphatic heterocycles. The van der Waals surface area contributed by atoms with Gasteiger partial charge in [0.25, 0.3) is 0 Å². The minimum Gasteiger partial charge on any atom is -0.307 e. The predicted octanol–water partition coefficient (Wildman–Crippen LogP) is 21.6. The molecule has 16 rings (SSSR count). The number of aromatic nitrogens is 16. The van der Waals surface area contributed by atoms with Crippen molar-refractivity contribution in [3.05, 3.63) is 226 Å². The second-order valence-corrected chi connectivity index (χ2v) is 30.5. The summed E-state index contributed by atoms with van der Waals surface area (Å²) in [5.41, 5.74) is 11.4. The van der Waals surface area contributed by atoms with E-state index in [0.717, 1.165) is 76.1 Å². The van der Waals surface area contributed by atoms with Crippen LogP contribution in [-0.4, -0.2) is 78.2 Å². The van der Waals surface area contributed by atoms with Gasteiger partial charge in [-0.25, -0.2) is 53.8 Å². The molecule has 0 saturated heterocycles. The summed E-state index contributed by atoms with van der Waals surface area (Å²) in [6.45, 7) is 34.3. The number of para-hydroxylation sites is 1. The van der Waals surface area contributed by atoms with Crippen LogP contribution < -0.4 is 0 Å². The van der Waals surface area contributed by atoms with Crippen LogP contribution in [0.2, 0.25) is 0 Å². The Hall–Kier alpha value is -8.80. The number of rotatable bonds is 8. The average Bonchev–Trinajstić information content (AvgIpc) is 1.84. The Balaban J connectivity index is 0.000000130. The number of hydrogen-bond donors (Lipinski definition) is 0. The first-order chi connectivity index (χ1) is 46.6. The summed E-state index contributed by atoms with van der Waals surface area (Å²) in [7, 11) is 0. The molecule has 0 radical (unpaired) electrons. The van der Waals surface area contributed by atoms with Crippen molar-refractivity contribution in [2.24, 2.45) is 0 Å². The zero-order valence-electron chi connectivity index (χ0n) is 57.9. The van der Waals surface area contributed by atoms with Gasteiger partial charge in [0, 0.05) is 91.6 Å². The molecule has 2 aromatic carbocycles. The highest BCUT2D eigenvalue weighted by molar-refractivity contribution is 7.19. The van der Waals surface area contributed by atoms with Gasteiger partial charge in [0.1, 0.15) is 21.8 Å². The molecule has 22 heteroatoms. The van der Waals surface area contributed by atoms with Crippen LogP contribution in [-0.2, 0) is 0 Å². The molecular weight excluding hydrogens is 1300 g/mol. The van der Waals surface area contributed by atoms with Crippen molar-refractivity contribution in [3.8, 4) is 0 Å². The molecule has 0 spiro atoms. The van der Waals surface area contributed by atoms with Gasteiger partial charge in [-0.1, -0.05) is 140 Å². The second kappa shape index (κ2) is 34.4. The number of fused-ring (bicyclic) bond motifs is 8. The lowest BCUT2D eigenvalue weighted by Crippen LogP contribution is -1.86. The van der Waals surface area contributed by atoms with Crippen LogP contribution in [0.4, 0.5) is 4.39 Å². The molecule has 0 unspecified atom stereocenters. The molecule has 0 aliphatic carbocycles. The number of nitrogens with zero attached hydrogens (tertiary/aromatic N) is 16. The van der Waals surface area contributed by atoms with E-state index in [-0.39, 0.29) is 5.82 Å². The molecule has 16 aromatic rings. The van der Waals surface area contributed by atoms with Crippen LogP contribution in [0.5, 0.6) is 0 Å². The molecule has 0 aliphatic rings. The first kappa shape index (κ1) is 72.5. The second-order valence-electron chi connectivity index (χ2n) is 25.2. The molecule has 0 N–H and O–H groups in total. The lowest BCUT2D eigenvalue weighted by atomic mass is 10.2. The van der Waals surface area contributed by atoms with Gasteiger partial charge in [0.15, 0.2) is 11.3 Å². The van der Waals surface area contributed by atoms with Crippen LogP contribution in [0, 0.1) is 5.82 Å². The Bertz CT molecular complexity index is 4070. The quantitative estimate of drug-likeness (QED) is 0.140. The predicted molar refractivity (Wildman–Crippen MR) is 405 cm³/mol. The third kappa shape index (κ3) is 20.2. The summed E-state index contributed by atoms with van der Waals surface area (Å²) in [4.78, 5) is 53.0. The van der Waals surface area contributed by atoms with E-state index in [9.17, 15) is 4.39 Å². The summed E-state index contributed by atoms with van der Waals surface area (Å²) in [6.07, 6.45) is 24.4. The highest BCUT2D eigenvalue weighted by atomic mass is 32.1. The summed E-state index contributed by atoms with van der Waals surface area (Å²) in [6, 6.07) is 30.8. The molecule has 0 bridgehead atoms. The third-order valence-corrected chi connectivity index (χ3v) is 21.0. The van der Waals surface area contributed by atoms with E-state index in [1.165, 1.54) is 40.2 Å². The van der Waals surface area contributed by atoms with Crippen LogP contribution >= 0.6 is 56.7 Å². The van der Waals surface area contributed by atoms with E-state index in [1.54, 1.807) is 98.1 Å². The van der Waals surface area contributed by atoms with Crippen molar-refractivity contribution in [3.63, 3.8) is 0 Å². The molecule has 0 saturated carbocycles. The van der Waals surface area contributed by atoms with Crippen LogP contribution in [0.15, 0.2) is 178 Å². The topological polar surface area (TPSA) is 181 Å². The van der Waals surface area contributed by atoms with Gasteiger partial charge < -0.3 is 8.80 Å². The Kier molecular flexibility index (Phi) is 25.7. The maximum Gasteiger partial charge on any atom is 0.155 e. The Labute approximate surface area is 587 Å². The number of thiazole rings is 5. The summed E-state index contributed by atoms with van der Waals surface area (Å²) in [5.74, 6) is 3.75. The fourth-order valence-electron chi connectivity index (χ4n) is 8.92. The lowest BCUT2D eigenvalue weighted by Gasteiger charge is -1.94. The number of imidazole rings is 3. The van der Waals surface area contributed by atoms with Crippen molar-refractivity contribution in [2.45, 2.75) is 158 Å². The molecule has 14 heterocycles. The molecule has 502 valence electrons. The first-order valence-electron chi connectivity index (χ1n) is 32.6. The molecule has 97 heavy (non-hydrogen) atoms. The van der Waals surface area contributed by atoms with Crippen molar-refractivity contribution in [1.29, 1.82) is 0 Å². The van der Waals surface area contributed by atoms with Crippen molar-refractivity contribution < 1.29 is 4.39 Å². The fraction of sp³-hybridized carbons (Fsp3) is 0.320. The van der Waals surface area contributed by atoms with Crippen molar-refractivity contribution in [1.82, 2.24) is 78.2 Å². The zero-order chi connectivity index (χ0) is 69.3. The van der Waals surface area contributed by atoms with Gasteiger partial charge in [0.05, 0.1) is 102 Å². The Morgan fingerprint density at radius 3 is 1.39 bits per heavy atom. The molecule has 16 nitrogen and oxygen atoms in total. The summed E-state index contributed by atoms with van der Waals surface area (Å²) in [5, 5.41) is 10.00. The summed E-state index contributed by atoms with van der Waals surface area (Å²) < 4.78 is 23.3. The fourth-order valence-corrected chi connectivity index (χ4v) is 13.7. The SMILES string of the molecule is CC(C)c1cn2ccccc2n1.CC(C)c1cn2ccncc2n1.CC(C)c1cn2ncccc2n1.CC(C)c1nc2ccc(F)cc2s1.CC(C)c1nc2ccccc2s1.CC(C)c1nc2cccnc2s1.CC(C)c1nc2ccncc2s1.CC(C)c1nc2cnccc2s1.